The topological polar surface area (TPSA) is 55.2 Å². The van der Waals surface area contributed by atoms with Gasteiger partial charge in [-0.3, -0.25) is 14.2 Å². The number of carbonyl (C=O) groups excluding carboxylic acids is 1. The van der Waals surface area contributed by atoms with Gasteiger partial charge < -0.3 is 4.90 Å². The molecule has 2 fully saturated rings. The van der Waals surface area contributed by atoms with Crippen LogP contribution < -0.4 is 5.56 Å². The van der Waals surface area contributed by atoms with Crippen molar-refractivity contribution >= 4 is 28.6 Å². The van der Waals surface area contributed by atoms with Crippen molar-refractivity contribution in [2.45, 2.75) is 69.6 Å². The maximum absolute atomic E-state index is 13.0. The fourth-order valence-corrected chi connectivity index (χ4v) is 5.73. The van der Waals surface area contributed by atoms with Crippen molar-refractivity contribution in [3.8, 4) is 0 Å². The van der Waals surface area contributed by atoms with E-state index in [2.05, 4.69) is 11.8 Å². The fourth-order valence-electron chi connectivity index (χ4n) is 4.82. The molecule has 4 rings (SSSR count). The number of para-hydroxylation sites is 1. The van der Waals surface area contributed by atoms with Crippen LogP contribution >= 0.6 is 11.8 Å². The molecular weight excluding hydrogens is 370 g/mol. The van der Waals surface area contributed by atoms with Gasteiger partial charge in [0.15, 0.2) is 5.16 Å². The minimum Gasteiger partial charge on any atom is -0.339 e. The molecule has 150 valence electrons. The van der Waals surface area contributed by atoms with Crippen LogP contribution in [0.25, 0.3) is 10.9 Å². The molecule has 1 aromatic heterocycles. The lowest BCUT2D eigenvalue weighted by Crippen LogP contribution is -2.50. The molecule has 28 heavy (non-hydrogen) atoms. The SMILES string of the molecule is CCCn1c(SCC(=O)N2CCC[C@H]3CCCC[C@H]32)nc2ccccc2c1=O. The number of hydrogen-bond acceptors (Lipinski definition) is 4. The molecule has 0 spiro atoms. The van der Waals surface area contributed by atoms with Gasteiger partial charge in [0, 0.05) is 19.1 Å². The molecule has 0 bridgehead atoms. The van der Waals surface area contributed by atoms with Crippen LogP contribution in [0.3, 0.4) is 0 Å². The first-order chi connectivity index (χ1) is 13.7. The van der Waals surface area contributed by atoms with Crippen LogP contribution in [0.2, 0.25) is 0 Å². The van der Waals surface area contributed by atoms with Crippen LogP contribution in [0.15, 0.2) is 34.2 Å². The van der Waals surface area contributed by atoms with Crippen molar-refractivity contribution in [2.75, 3.05) is 12.3 Å². The summed E-state index contributed by atoms with van der Waals surface area (Å²) in [4.78, 5) is 32.8. The second-order valence-corrected chi connectivity index (χ2v) is 8.94. The maximum Gasteiger partial charge on any atom is 0.262 e. The fraction of sp³-hybridized carbons (Fsp3) is 0.591. The van der Waals surface area contributed by atoms with Gasteiger partial charge in [-0.1, -0.05) is 43.7 Å². The van der Waals surface area contributed by atoms with Crippen LogP contribution in [0.5, 0.6) is 0 Å². The van der Waals surface area contributed by atoms with Crippen LogP contribution in [0.1, 0.15) is 51.9 Å². The minimum absolute atomic E-state index is 0.00674. The summed E-state index contributed by atoms with van der Waals surface area (Å²) in [6.07, 6.45) is 8.20. The maximum atomic E-state index is 13.0. The Bertz CT molecular complexity index is 908. The lowest BCUT2D eigenvalue weighted by atomic mass is 9.78. The smallest absolute Gasteiger partial charge is 0.262 e. The van der Waals surface area contributed by atoms with E-state index in [-0.39, 0.29) is 11.5 Å². The third-order valence-corrected chi connectivity index (χ3v) is 7.12. The zero-order valence-corrected chi connectivity index (χ0v) is 17.4. The molecule has 1 aliphatic heterocycles. The van der Waals surface area contributed by atoms with E-state index in [4.69, 9.17) is 4.98 Å². The lowest BCUT2D eigenvalue weighted by molar-refractivity contribution is -0.134. The Kier molecular flexibility index (Phi) is 6.04. The highest BCUT2D eigenvalue weighted by Crippen LogP contribution is 2.35. The minimum atomic E-state index is -0.00674. The number of hydrogen-bond donors (Lipinski definition) is 0. The number of amides is 1. The highest BCUT2D eigenvalue weighted by atomic mass is 32.2. The molecule has 1 saturated carbocycles. The van der Waals surface area contributed by atoms with Crippen LogP contribution in [0.4, 0.5) is 0 Å². The molecule has 1 saturated heterocycles. The number of rotatable bonds is 5. The van der Waals surface area contributed by atoms with E-state index in [9.17, 15) is 9.59 Å². The number of piperidine rings is 1. The molecule has 0 N–H and O–H groups in total. The highest BCUT2D eigenvalue weighted by molar-refractivity contribution is 7.99. The summed E-state index contributed by atoms with van der Waals surface area (Å²) in [7, 11) is 0. The third-order valence-electron chi connectivity index (χ3n) is 6.16. The van der Waals surface area contributed by atoms with Gasteiger partial charge in [0.1, 0.15) is 0 Å². The summed E-state index contributed by atoms with van der Waals surface area (Å²) in [5, 5.41) is 1.31. The average Bonchev–Trinajstić information content (AvgIpc) is 2.74. The molecule has 2 aliphatic rings. The van der Waals surface area contributed by atoms with Crippen molar-refractivity contribution in [3.63, 3.8) is 0 Å². The Balaban J connectivity index is 1.54. The lowest BCUT2D eigenvalue weighted by Gasteiger charge is -2.44. The molecule has 0 radical (unpaired) electrons. The van der Waals surface area contributed by atoms with Crippen LogP contribution in [0, 0.1) is 5.92 Å². The highest BCUT2D eigenvalue weighted by Gasteiger charge is 2.35. The van der Waals surface area contributed by atoms with E-state index in [1.165, 1.54) is 37.4 Å². The molecule has 2 heterocycles. The predicted molar refractivity (Wildman–Crippen MR) is 114 cm³/mol. The van der Waals surface area contributed by atoms with E-state index in [1.807, 2.05) is 24.3 Å². The monoisotopic (exact) mass is 399 g/mol. The number of likely N-dealkylation sites (tertiary alicyclic amines) is 1. The zero-order valence-electron chi connectivity index (χ0n) is 16.6. The summed E-state index contributed by atoms with van der Waals surface area (Å²) < 4.78 is 1.74. The first-order valence-corrected chi connectivity index (χ1v) is 11.6. The first-order valence-electron chi connectivity index (χ1n) is 10.6. The van der Waals surface area contributed by atoms with E-state index < -0.39 is 0 Å². The quantitative estimate of drug-likeness (QED) is 0.562. The standard InChI is InChI=1S/C22H29N3O2S/c1-2-13-25-21(27)17-10-4-5-11-18(17)23-22(25)28-15-20(26)24-14-7-9-16-8-3-6-12-19(16)24/h4-5,10-11,16,19H,2-3,6-9,12-15H2,1H3/t16-,19-/m1/s1. The van der Waals surface area contributed by atoms with Gasteiger partial charge in [-0.2, -0.15) is 0 Å². The average molecular weight is 400 g/mol. The van der Waals surface area contributed by atoms with Crippen molar-refractivity contribution in [3.05, 3.63) is 34.6 Å². The Labute approximate surface area is 170 Å². The summed E-state index contributed by atoms with van der Waals surface area (Å²) in [6, 6.07) is 7.89. The largest absolute Gasteiger partial charge is 0.339 e. The molecule has 5 nitrogen and oxygen atoms in total. The van der Waals surface area contributed by atoms with Gasteiger partial charge in [-0.25, -0.2) is 4.98 Å². The summed E-state index contributed by atoms with van der Waals surface area (Å²) in [6.45, 7) is 3.56. The number of thioether (sulfide) groups is 1. The molecular formula is C22H29N3O2S. The van der Waals surface area contributed by atoms with Gasteiger partial charge in [0.2, 0.25) is 5.91 Å². The van der Waals surface area contributed by atoms with E-state index >= 15 is 0 Å². The molecule has 0 unspecified atom stereocenters. The molecule has 1 aliphatic carbocycles. The number of fused-ring (bicyclic) bond motifs is 2. The molecule has 1 aromatic carbocycles. The number of benzene rings is 1. The van der Waals surface area contributed by atoms with Gasteiger partial charge in [-0.15, -0.1) is 0 Å². The first kappa shape index (κ1) is 19.5. The Morgan fingerprint density at radius 3 is 2.82 bits per heavy atom. The number of carbonyl (C=O) groups is 1. The van der Waals surface area contributed by atoms with Crippen molar-refractivity contribution in [2.24, 2.45) is 5.92 Å². The van der Waals surface area contributed by atoms with Gasteiger partial charge in [0.05, 0.1) is 16.7 Å². The van der Waals surface area contributed by atoms with Crippen molar-refractivity contribution in [1.29, 1.82) is 0 Å². The van der Waals surface area contributed by atoms with Crippen LogP contribution in [-0.4, -0.2) is 38.7 Å². The number of aromatic nitrogens is 2. The van der Waals surface area contributed by atoms with Crippen LogP contribution in [-0.2, 0) is 11.3 Å². The predicted octanol–water partition coefficient (Wildman–Crippen LogP) is 4.08. The molecule has 6 heteroatoms. The summed E-state index contributed by atoms with van der Waals surface area (Å²) in [5.41, 5.74) is 0.702. The van der Waals surface area contributed by atoms with Crippen molar-refractivity contribution < 1.29 is 4.79 Å². The Morgan fingerprint density at radius 2 is 1.96 bits per heavy atom. The van der Waals surface area contributed by atoms with E-state index in [1.54, 1.807) is 4.57 Å². The van der Waals surface area contributed by atoms with Gasteiger partial charge >= 0.3 is 0 Å². The van der Waals surface area contributed by atoms with Gasteiger partial charge in [0.25, 0.3) is 5.56 Å². The normalized spacial score (nSPS) is 22.2. The zero-order chi connectivity index (χ0) is 19.5. The Morgan fingerprint density at radius 1 is 1.18 bits per heavy atom. The third kappa shape index (κ3) is 3.84. The summed E-state index contributed by atoms with van der Waals surface area (Å²) >= 11 is 1.42. The summed E-state index contributed by atoms with van der Waals surface area (Å²) in [5.74, 6) is 1.25. The molecule has 1 amide bonds. The number of nitrogens with zero attached hydrogens (tertiary/aromatic N) is 3. The second kappa shape index (κ2) is 8.68. The Hall–Kier alpha value is -1.82. The van der Waals surface area contributed by atoms with E-state index in [0.717, 1.165) is 25.8 Å². The second-order valence-electron chi connectivity index (χ2n) is 8.00. The molecule has 2 atom stereocenters. The van der Waals surface area contributed by atoms with Gasteiger partial charge in [-0.05, 0) is 50.2 Å². The molecule has 2 aromatic rings. The van der Waals surface area contributed by atoms with E-state index in [0.29, 0.717) is 40.3 Å². The van der Waals surface area contributed by atoms with Crippen molar-refractivity contribution in [1.82, 2.24) is 14.5 Å².